The average molecular weight is 332 g/mol. The molecule has 0 aliphatic carbocycles. The van der Waals surface area contributed by atoms with Gasteiger partial charge in [-0.05, 0) is 37.6 Å². The van der Waals surface area contributed by atoms with E-state index in [4.69, 9.17) is 4.98 Å². The van der Waals surface area contributed by atoms with Crippen LogP contribution < -0.4 is 5.32 Å². The van der Waals surface area contributed by atoms with Crippen LogP contribution in [0.4, 0.5) is 5.69 Å². The molecular formula is C20H20N4O. The SMILES string of the molecule is CC[C@H](C)N1C(=O)c2ccccc2N[C@@H]1c1cnc2ccccc2n1. The highest BCUT2D eigenvalue weighted by molar-refractivity contribution is 6.01. The Kier molecular flexibility index (Phi) is 3.84. The number of fused-ring (bicyclic) bond motifs is 2. The summed E-state index contributed by atoms with van der Waals surface area (Å²) in [5.74, 6) is 0.0312. The van der Waals surface area contributed by atoms with E-state index < -0.39 is 0 Å². The molecule has 1 aromatic heterocycles. The molecule has 0 spiro atoms. The maximum absolute atomic E-state index is 13.1. The van der Waals surface area contributed by atoms with E-state index in [-0.39, 0.29) is 18.1 Å². The molecule has 1 amide bonds. The van der Waals surface area contributed by atoms with Crippen molar-refractivity contribution in [3.63, 3.8) is 0 Å². The van der Waals surface area contributed by atoms with Gasteiger partial charge in [0.2, 0.25) is 0 Å². The predicted octanol–water partition coefficient (Wildman–Crippen LogP) is 3.99. The Morgan fingerprint density at radius 1 is 1.12 bits per heavy atom. The average Bonchev–Trinajstić information content (AvgIpc) is 2.67. The summed E-state index contributed by atoms with van der Waals surface area (Å²) in [5.41, 5.74) is 3.97. The molecule has 3 aromatic rings. The number of aromatic nitrogens is 2. The number of hydrogen-bond acceptors (Lipinski definition) is 4. The second-order valence-corrected chi connectivity index (χ2v) is 6.35. The van der Waals surface area contributed by atoms with Gasteiger partial charge in [0.05, 0.1) is 22.8 Å². The van der Waals surface area contributed by atoms with Crippen LogP contribution in [-0.4, -0.2) is 26.8 Å². The van der Waals surface area contributed by atoms with Crippen LogP contribution in [-0.2, 0) is 0 Å². The van der Waals surface area contributed by atoms with E-state index in [1.54, 1.807) is 6.20 Å². The molecule has 1 aliphatic rings. The van der Waals surface area contributed by atoms with Gasteiger partial charge in [-0.1, -0.05) is 31.2 Å². The van der Waals surface area contributed by atoms with E-state index in [1.165, 1.54) is 0 Å². The van der Waals surface area contributed by atoms with Crippen molar-refractivity contribution in [3.8, 4) is 0 Å². The minimum atomic E-state index is -0.325. The van der Waals surface area contributed by atoms with Gasteiger partial charge in [-0.25, -0.2) is 4.98 Å². The number of carbonyl (C=O) groups excluding carboxylic acids is 1. The fourth-order valence-corrected chi connectivity index (χ4v) is 3.24. The summed E-state index contributed by atoms with van der Waals surface area (Å²) in [6.07, 6.45) is 2.30. The van der Waals surface area contributed by atoms with Gasteiger partial charge in [0.15, 0.2) is 0 Å². The molecule has 0 unspecified atom stereocenters. The standard InChI is InChI=1S/C20H20N4O/c1-3-13(2)24-19(23-15-9-5-4-8-14(15)20(24)25)18-12-21-16-10-6-7-11-17(16)22-18/h4-13,19,23H,3H2,1-2H3/t13-,19-/m0/s1. The van der Waals surface area contributed by atoms with Crippen molar-refractivity contribution in [1.82, 2.24) is 14.9 Å². The summed E-state index contributed by atoms with van der Waals surface area (Å²) in [7, 11) is 0. The summed E-state index contributed by atoms with van der Waals surface area (Å²) < 4.78 is 0. The fraction of sp³-hybridized carbons (Fsp3) is 0.250. The zero-order valence-corrected chi connectivity index (χ0v) is 14.3. The third-order valence-corrected chi connectivity index (χ3v) is 4.78. The largest absolute Gasteiger partial charge is 0.359 e. The first-order valence-electron chi connectivity index (χ1n) is 8.59. The lowest BCUT2D eigenvalue weighted by atomic mass is 10.0. The van der Waals surface area contributed by atoms with Crippen molar-refractivity contribution in [1.29, 1.82) is 0 Å². The molecule has 0 fully saturated rings. The van der Waals surface area contributed by atoms with Gasteiger partial charge in [0, 0.05) is 11.7 Å². The Labute approximate surface area is 146 Å². The Balaban J connectivity index is 1.83. The zero-order chi connectivity index (χ0) is 17.4. The topological polar surface area (TPSA) is 58.1 Å². The molecule has 5 nitrogen and oxygen atoms in total. The zero-order valence-electron chi connectivity index (χ0n) is 14.3. The summed E-state index contributed by atoms with van der Waals surface area (Å²) in [6, 6.07) is 15.5. The molecule has 0 saturated carbocycles. The lowest BCUT2D eigenvalue weighted by Gasteiger charge is -2.40. The number of carbonyl (C=O) groups is 1. The van der Waals surface area contributed by atoms with Crippen LogP contribution in [0.2, 0.25) is 0 Å². The molecule has 1 aliphatic heterocycles. The predicted molar refractivity (Wildman–Crippen MR) is 98.3 cm³/mol. The molecule has 1 N–H and O–H groups in total. The van der Waals surface area contributed by atoms with Gasteiger partial charge in [0.25, 0.3) is 5.91 Å². The third-order valence-electron chi connectivity index (χ3n) is 4.78. The van der Waals surface area contributed by atoms with Crippen molar-refractivity contribution in [2.24, 2.45) is 0 Å². The van der Waals surface area contributed by atoms with Gasteiger partial charge < -0.3 is 10.2 Å². The van der Waals surface area contributed by atoms with Crippen LogP contribution in [0.15, 0.2) is 54.7 Å². The molecular weight excluding hydrogens is 312 g/mol. The minimum absolute atomic E-state index is 0.0312. The smallest absolute Gasteiger partial charge is 0.258 e. The van der Waals surface area contributed by atoms with E-state index >= 15 is 0 Å². The van der Waals surface area contributed by atoms with Crippen LogP contribution in [0.5, 0.6) is 0 Å². The summed E-state index contributed by atoms with van der Waals surface area (Å²) in [4.78, 5) is 24.2. The minimum Gasteiger partial charge on any atom is -0.359 e. The quantitative estimate of drug-likeness (QED) is 0.788. The second kappa shape index (κ2) is 6.16. The van der Waals surface area contributed by atoms with E-state index in [9.17, 15) is 4.79 Å². The molecule has 4 rings (SSSR count). The summed E-state index contributed by atoms with van der Waals surface area (Å²) in [6.45, 7) is 4.15. The number of benzene rings is 2. The highest BCUT2D eigenvalue weighted by Crippen LogP contribution is 2.34. The molecule has 0 saturated heterocycles. The number of amides is 1. The first kappa shape index (κ1) is 15.6. The van der Waals surface area contributed by atoms with Crippen LogP contribution in [0, 0.1) is 0 Å². The van der Waals surface area contributed by atoms with E-state index in [0.29, 0.717) is 5.56 Å². The highest BCUT2D eigenvalue weighted by atomic mass is 16.2. The lowest BCUT2D eigenvalue weighted by Crippen LogP contribution is -2.47. The number of nitrogens with one attached hydrogen (secondary N) is 1. The van der Waals surface area contributed by atoms with Crippen molar-refractivity contribution in [2.75, 3.05) is 5.32 Å². The second-order valence-electron chi connectivity index (χ2n) is 6.35. The lowest BCUT2D eigenvalue weighted by molar-refractivity contribution is 0.0589. The van der Waals surface area contributed by atoms with Gasteiger partial charge >= 0.3 is 0 Å². The van der Waals surface area contributed by atoms with Crippen LogP contribution in [0.25, 0.3) is 11.0 Å². The molecule has 2 atom stereocenters. The van der Waals surface area contributed by atoms with Gasteiger partial charge in [-0.2, -0.15) is 0 Å². The normalized spacial score (nSPS) is 17.9. The molecule has 5 heteroatoms. The number of anilines is 1. The van der Waals surface area contributed by atoms with E-state index in [1.807, 2.05) is 53.4 Å². The van der Waals surface area contributed by atoms with Gasteiger partial charge in [-0.3, -0.25) is 9.78 Å². The molecule has 126 valence electrons. The molecule has 2 heterocycles. The van der Waals surface area contributed by atoms with Crippen molar-refractivity contribution < 1.29 is 4.79 Å². The number of nitrogens with zero attached hydrogens (tertiary/aromatic N) is 3. The van der Waals surface area contributed by atoms with Crippen LogP contribution in [0.3, 0.4) is 0 Å². The first-order chi connectivity index (χ1) is 12.2. The number of para-hydroxylation sites is 3. The molecule has 2 aromatic carbocycles. The first-order valence-corrected chi connectivity index (χ1v) is 8.59. The van der Waals surface area contributed by atoms with Gasteiger partial charge in [0.1, 0.15) is 11.9 Å². The van der Waals surface area contributed by atoms with E-state index in [0.717, 1.165) is 28.8 Å². The molecule has 25 heavy (non-hydrogen) atoms. The fourth-order valence-electron chi connectivity index (χ4n) is 3.24. The Morgan fingerprint density at radius 3 is 2.64 bits per heavy atom. The molecule has 0 bridgehead atoms. The van der Waals surface area contributed by atoms with Crippen LogP contribution in [0.1, 0.15) is 42.5 Å². The maximum atomic E-state index is 13.1. The Bertz CT molecular complexity index is 940. The van der Waals surface area contributed by atoms with Crippen molar-refractivity contribution >= 4 is 22.6 Å². The van der Waals surface area contributed by atoms with Crippen LogP contribution >= 0.6 is 0 Å². The number of hydrogen-bond donors (Lipinski definition) is 1. The van der Waals surface area contributed by atoms with E-state index in [2.05, 4.69) is 24.1 Å². The monoisotopic (exact) mass is 332 g/mol. The Morgan fingerprint density at radius 2 is 1.84 bits per heavy atom. The summed E-state index contributed by atoms with van der Waals surface area (Å²) >= 11 is 0. The van der Waals surface area contributed by atoms with Crippen molar-refractivity contribution in [2.45, 2.75) is 32.5 Å². The van der Waals surface area contributed by atoms with Gasteiger partial charge in [-0.15, -0.1) is 0 Å². The summed E-state index contributed by atoms with van der Waals surface area (Å²) in [5, 5.41) is 3.48. The highest BCUT2D eigenvalue weighted by Gasteiger charge is 2.36. The van der Waals surface area contributed by atoms with Crippen molar-refractivity contribution in [3.05, 3.63) is 66.0 Å². The third kappa shape index (κ3) is 2.61. The maximum Gasteiger partial charge on any atom is 0.258 e. The number of rotatable bonds is 3. The molecule has 0 radical (unpaired) electrons. The Hall–Kier alpha value is -2.95.